The van der Waals surface area contributed by atoms with Gasteiger partial charge >= 0.3 is 6.43 Å². The van der Waals surface area contributed by atoms with Crippen molar-refractivity contribution in [3.63, 3.8) is 0 Å². The van der Waals surface area contributed by atoms with E-state index in [-0.39, 0.29) is 12.0 Å². The van der Waals surface area contributed by atoms with Crippen LogP contribution >= 0.6 is 0 Å². The molecule has 128 valence electrons. The average molecular weight is 327 g/mol. The number of rotatable bonds is 7. The van der Waals surface area contributed by atoms with Gasteiger partial charge in [0, 0.05) is 43.6 Å². The zero-order valence-electron chi connectivity index (χ0n) is 13.4. The fraction of sp³-hybridized carbons (Fsp3) is 0.667. The lowest BCUT2D eigenvalue weighted by molar-refractivity contribution is -0.131. The molecule has 1 fully saturated rings. The second kappa shape index (κ2) is 8.14. The van der Waals surface area contributed by atoms with E-state index in [1.54, 1.807) is 12.4 Å². The van der Waals surface area contributed by atoms with Gasteiger partial charge in [0.1, 0.15) is 0 Å². The summed E-state index contributed by atoms with van der Waals surface area (Å²) in [7, 11) is 0. The third kappa shape index (κ3) is 5.70. The van der Waals surface area contributed by atoms with Gasteiger partial charge in [-0.05, 0) is 32.7 Å². The molecular formula is C15H23F2N5O. The van der Waals surface area contributed by atoms with Crippen LogP contribution in [0.4, 0.5) is 14.7 Å². The number of hydrogen-bond acceptors (Lipinski definition) is 5. The van der Waals surface area contributed by atoms with Gasteiger partial charge in [-0.2, -0.15) is 8.78 Å². The van der Waals surface area contributed by atoms with Gasteiger partial charge < -0.3 is 10.6 Å². The van der Waals surface area contributed by atoms with Crippen molar-refractivity contribution in [1.29, 1.82) is 0 Å². The Balaban J connectivity index is 1.75. The molecule has 1 aliphatic rings. The van der Waals surface area contributed by atoms with Gasteiger partial charge in [0.25, 0.3) is 5.91 Å². The van der Waals surface area contributed by atoms with Crippen LogP contribution in [0.5, 0.6) is 0 Å². The molecule has 8 heteroatoms. The Labute approximate surface area is 134 Å². The maximum Gasteiger partial charge on any atom is 0.315 e. The van der Waals surface area contributed by atoms with Crippen molar-refractivity contribution in [1.82, 2.24) is 20.2 Å². The summed E-state index contributed by atoms with van der Waals surface area (Å²) in [6, 6.07) is 0.281. The van der Waals surface area contributed by atoms with Crippen molar-refractivity contribution in [2.45, 2.75) is 39.3 Å². The number of carbonyl (C=O) groups is 1. The summed E-state index contributed by atoms with van der Waals surface area (Å²) in [5, 5.41) is 5.42. The highest BCUT2D eigenvalue weighted by molar-refractivity contribution is 5.79. The van der Waals surface area contributed by atoms with E-state index >= 15 is 0 Å². The summed E-state index contributed by atoms with van der Waals surface area (Å²) in [6.07, 6.45) is 1.53. The van der Waals surface area contributed by atoms with Crippen LogP contribution in [0.25, 0.3) is 0 Å². The molecule has 23 heavy (non-hydrogen) atoms. The number of carbonyl (C=O) groups excluding carboxylic acids is 1. The van der Waals surface area contributed by atoms with E-state index < -0.39 is 12.3 Å². The standard InChI is InChI=1S/C15H23F2N5O/c1-10(2)21-15-19-6-12(7-20-15)9-22-4-3-11(8-22)5-18-14(23)13(16)17/h6-7,10-11,13H,3-5,8-9H2,1-2H3,(H,18,23)(H,19,20,21)/t11-/m1/s1. The van der Waals surface area contributed by atoms with E-state index in [1.807, 2.05) is 13.8 Å². The molecule has 0 aromatic carbocycles. The predicted octanol–water partition coefficient (Wildman–Crippen LogP) is 1.50. The average Bonchev–Trinajstić information content (AvgIpc) is 2.93. The zero-order chi connectivity index (χ0) is 16.8. The number of likely N-dealkylation sites (tertiary alicyclic amines) is 1. The Morgan fingerprint density at radius 3 is 2.70 bits per heavy atom. The number of anilines is 1. The van der Waals surface area contributed by atoms with Gasteiger partial charge in [0.05, 0.1) is 0 Å². The van der Waals surface area contributed by atoms with Crippen LogP contribution in [0, 0.1) is 5.92 Å². The summed E-state index contributed by atoms with van der Waals surface area (Å²) in [4.78, 5) is 21.6. The first-order valence-corrected chi connectivity index (χ1v) is 7.79. The van der Waals surface area contributed by atoms with E-state index in [1.165, 1.54) is 0 Å². The molecule has 1 saturated heterocycles. The van der Waals surface area contributed by atoms with Crippen LogP contribution in [0.3, 0.4) is 0 Å². The summed E-state index contributed by atoms with van der Waals surface area (Å²) in [6.45, 7) is 6.72. The fourth-order valence-corrected chi connectivity index (χ4v) is 2.57. The van der Waals surface area contributed by atoms with Crippen LogP contribution in [-0.2, 0) is 11.3 Å². The lowest BCUT2D eigenvalue weighted by Crippen LogP contribution is -2.34. The van der Waals surface area contributed by atoms with Gasteiger partial charge in [-0.1, -0.05) is 0 Å². The molecule has 0 aliphatic carbocycles. The van der Waals surface area contributed by atoms with Crippen LogP contribution in [0.15, 0.2) is 12.4 Å². The van der Waals surface area contributed by atoms with E-state index in [2.05, 4.69) is 25.5 Å². The largest absolute Gasteiger partial charge is 0.352 e. The number of nitrogens with zero attached hydrogens (tertiary/aromatic N) is 3. The first-order valence-electron chi connectivity index (χ1n) is 7.79. The molecule has 2 heterocycles. The van der Waals surface area contributed by atoms with E-state index in [0.29, 0.717) is 12.5 Å². The van der Waals surface area contributed by atoms with Gasteiger partial charge in [0.15, 0.2) is 0 Å². The molecule has 1 aromatic heterocycles. The van der Waals surface area contributed by atoms with Crippen LogP contribution in [-0.4, -0.2) is 52.9 Å². The second-order valence-electron chi connectivity index (χ2n) is 6.15. The molecular weight excluding hydrogens is 304 g/mol. The highest BCUT2D eigenvalue weighted by atomic mass is 19.3. The topological polar surface area (TPSA) is 70.2 Å². The van der Waals surface area contributed by atoms with Crippen molar-refractivity contribution < 1.29 is 13.6 Å². The Hall–Kier alpha value is -1.83. The molecule has 0 radical (unpaired) electrons. The maximum atomic E-state index is 12.1. The Morgan fingerprint density at radius 1 is 1.39 bits per heavy atom. The minimum atomic E-state index is -2.94. The van der Waals surface area contributed by atoms with Crippen LogP contribution in [0.1, 0.15) is 25.8 Å². The fourth-order valence-electron chi connectivity index (χ4n) is 2.57. The Kier molecular flexibility index (Phi) is 6.20. The summed E-state index contributed by atoms with van der Waals surface area (Å²) < 4.78 is 24.3. The molecule has 0 bridgehead atoms. The third-order valence-electron chi connectivity index (χ3n) is 3.66. The summed E-state index contributed by atoms with van der Waals surface area (Å²) in [5.74, 6) is -0.372. The third-order valence-corrected chi connectivity index (χ3v) is 3.66. The highest BCUT2D eigenvalue weighted by Gasteiger charge is 2.24. The SMILES string of the molecule is CC(C)Nc1ncc(CN2CC[C@H](CNC(=O)C(F)F)C2)cn1. The molecule has 1 aromatic rings. The Morgan fingerprint density at radius 2 is 2.09 bits per heavy atom. The number of nitrogens with one attached hydrogen (secondary N) is 2. The molecule has 1 amide bonds. The quantitative estimate of drug-likeness (QED) is 0.794. The molecule has 2 N–H and O–H groups in total. The van der Waals surface area contributed by atoms with Crippen molar-refractivity contribution in [2.24, 2.45) is 5.92 Å². The molecule has 0 unspecified atom stereocenters. The number of alkyl halides is 2. The molecule has 1 aliphatic heterocycles. The summed E-state index contributed by atoms with van der Waals surface area (Å²) in [5.41, 5.74) is 1.01. The number of halogens is 2. The Bertz CT molecular complexity index is 509. The molecule has 2 rings (SSSR count). The highest BCUT2D eigenvalue weighted by Crippen LogP contribution is 2.18. The smallest absolute Gasteiger partial charge is 0.315 e. The lowest BCUT2D eigenvalue weighted by Gasteiger charge is -2.16. The first kappa shape index (κ1) is 17.5. The maximum absolute atomic E-state index is 12.1. The van der Waals surface area contributed by atoms with Gasteiger partial charge in [-0.25, -0.2) is 9.97 Å². The van der Waals surface area contributed by atoms with E-state index in [0.717, 1.165) is 31.6 Å². The minimum absolute atomic E-state index is 0.209. The predicted molar refractivity (Wildman–Crippen MR) is 83.2 cm³/mol. The van der Waals surface area contributed by atoms with Gasteiger partial charge in [-0.15, -0.1) is 0 Å². The van der Waals surface area contributed by atoms with Crippen molar-refractivity contribution in [3.8, 4) is 0 Å². The number of amides is 1. The lowest BCUT2D eigenvalue weighted by atomic mass is 10.1. The van der Waals surface area contributed by atoms with Gasteiger partial charge in [-0.3, -0.25) is 9.69 Å². The number of aromatic nitrogens is 2. The normalized spacial score (nSPS) is 18.6. The molecule has 0 spiro atoms. The molecule has 0 saturated carbocycles. The monoisotopic (exact) mass is 327 g/mol. The number of hydrogen-bond donors (Lipinski definition) is 2. The van der Waals surface area contributed by atoms with E-state index in [9.17, 15) is 13.6 Å². The first-order chi connectivity index (χ1) is 10.9. The van der Waals surface area contributed by atoms with Crippen molar-refractivity contribution >= 4 is 11.9 Å². The van der Waals surface area contributed by atoms with Crippen LogP contribution < -0.4 is 10.6 Å². The molecule has 1 atom stereocenters. The second-order valence-corrected chi connectivity index (χ2v) is 6.15. The molecule has 6 nitrogen and oxygen atoms in total. The summed E-state index contributed by atoms with van der Waals surface area (Å²) >= 11 is 0. The van der Waals surface area contributed by atoms with Crippen molar-refractivity contribution in [3.05, 3.63) is 18.0 Å². The minimum Gasteiger partial charge on any atom is -0.352 e. The van der Waals surface area contributed by atoms with Crippen molar-refractivity contribution in [2.75, 3.05) is 25.0 Å². The van der Waals surface area contributed by atoms with Crippen LogP contribution in [0.2, 0.25) is 0 Å². The van der Waals surface area contributed by atoms with E-state index in [4.69, 9.17) is 0 Å². The van der Waals surface area contributed by atoms with Gasteiger partial charge in [0.2, 0.25) is 5.95 Å². The zero-order valence-corrected chi connectivity index (χ0v) is 13.4.